The maximum atomic E-state index is 13.4. The van der Waals surface area contributed by atoms with E-state index in [0.717, 1.165) is 12.1 Å². The van der Waals surface area contributed by atoms with E-state index in [-0.39, 0.29) is 28.2 Å². The van der Waals surface area contributed by atoms with Crippen LogP contribution in [0.3, 0.4) is 0 Å². The van der Waals surface area contributed by atoms with Crippen molar-refractivity contribution < 1.29 is 17.9 Å². The van der Waals surface area contributed by atoms with E-state index in [9.17, 15) is 18.0 Å². The first-order valence-corrected chi connectivity index (χ1v) is 14.0. The molecule has 2 aliphatic rings. The largest absolute Gasteiger partial charge is 0.493 e. The Hall–Kier alpha value is -3.43. The topological polar surface area (TPSA) is 97.7 Å². The molecule has 0 saturated carbocycles. The number of hydrogen-bond acceptors (Lipinski definition) is 5. The van der Waals surface area contributed by atoms with Crippen LogP contribution in [0.1, 0.15) is 42.2 Å². The van der Waals surface area contributed by atoms with Crippen LogP contribution in [0.15, 0.2) is 76.4 Å². The lowest BCUT2D eigenvalue weighted by Crippen LogP contribution is -2.48. The van der Waals surface area contributed by atoms with Crippen molar-refractivity contribution in [2.24, 2.45) is 11.8 Å². The van der Waals surface area contributed by atoms with Crippen LogP contribution in [0.2, 0.25) is 0 Å². The van der Waals surface area contributed by atoms with Gasteiger partial charge in [0.05, 0.1) is 11.5 Å². The number of carbonyl (C=O) groups excluding carboxylic acids is 1. The van der Waals surface area contributed by atoms with Gasteiger partial charge in [0.15, 0.2) is 0 Å². The number of fused-ring (bicyclic) bond motifs is 4. The molecule has 5 rings (SSSR count). The molecule has 1 saturated heterocycles. The molecule has 2 aromatic carbocycles. The number of pyridine rings is 1. The van der Waals surface area contributed by atoms with Gasteiger partial charge in [0, 0.05) is 48.6 Å². The first kappa shape index (κ1) is 25.2. The quantitative estimate of drug-likeness (QED) is 0.508. The van der Waals surface area contributed by atoms with Crippen LogP contribution in [-0.4, -0.2) is 42.9 Å². The van der Waals surface area contributed by atoms with Gasteiger partial charge in [-0.25, -0.2) is 8.42 Å². The zero-order chi connectivity index (χ0) is 26.2. The fourth-order valence-electron chi connectivity index (χ4n) is 5.08. The van der Waals surface area contributed by atoms with Gasteiger partial charge in [-0.15, -0.1) is 0 Å². The summed E-state index contributed by atoms with van der Waals surface area (Å²) >= 11 is 0. The summed E-state index contributed by atoms with van der Waals surface area (Å²) in [5, 5.41) is 2.81. The second-order valence-electron chi connectivity index (χ2n) is 10.2. The van der Waals surface area contributed by atoms with Crippen LogP contribution >= 0.6 is 0 Å². The molecule has 0 aliphatic carbocycles. The number of nitrogens with zero attached hydrogens (tertiary/aromatic N) is 2. The monoisotopic (exact) mass is 521 g/mol. The van der Waals surface area contributed by atoms with Crippen molar-refractivity contribution in [3.05, 3.63) is 88.3 Å². The lowest BCUT2D eigenvalue weighted by Gasteiger charge is -2.42. The third-order valence-corrected chi connectivity index (χ3v) is 8.74. The van der Waals surface area contributed by atoms with E-state index in [2.05, 4.69) is 19.2 Å². The van der Waals surface area contributed by atoms with Crippen molar-refractivity contribution in [2.75, 3.05) is 25.0 Å². The van der Waals surface area contributed by atoms with Gasteiger partial charge >= 0.3 is 0 Å². The number of rotatable bonds is 7. The van der Waals surface area contributed by atoms with Crippen molar-refractivity contribution in [2.45, 2.75) is 37.6 Å². The molecule has 3 aromatic rings. The second-order valence-corrected chi connectivity index (χ2v) is 12.2. The molecule has 3 heterocycles. The highest BCUT2D eigenvalue weighted by atomic mass is 32.2. The molecule has 1 amide bonds. The van der Waals surface area contributed by atoms with Crippen molar-refractivity contribution in [3.8, 4) is 5.75 Å². The number of sulfonamides is 1. The summed E-state index contributed by atoms with van der Waals surface area (Å²) in [6, 6.07) is 18.4. The highest BCUT2D eigenvalue weighted by molar-refractivity contribution is 7.89. The maximum Gasteiger partial charge on any atom is 0.255 e. The molecule has 9 heteroatoms. The second kappa shape index (κ2) is 10.1. The van der Waals surface area contributed by atoms with Crippen LogP contribution < -0.4 is 15.6 Å². The summed E-state index contributed by atoms with van der Waals surface area (Å²) < 4.78 is 35.8. The van der Waals surface area contributed by atoms with Gasteiger partial charge in [-0.1, -0.05) is 19.9 Å². The number of anilines is 1. The van der Waals surface area contributed by atoms with Gasteiger partial charge in [-0.2, -0.15) is 4.31 Å². The van der Waals surface area contributed by atoms with Crippen molar-refractivity contribution >= 4 is 21.6 Å². The Bertz CT molecular complexity index is 1450. The van der Waals surface area contributed by atoms with E-state index in [1.807, 2.05) is 6.07 Å². The molecular weight excluding hydrogens is 490 g/mol. The minimum absolute atomic E-state index is 0.00287. The molecular formula is C28H31N3O5S. The molecule has 1 fully saturated rings. The van der Waals surface area contributed by atoms with Gasteiger partial charge in [0.2, 0.25) is 10.0 Å². The molecule has 2 atom stereocenters. The lowest BCUT2D eigenvalue weighted by atomic mass is 9.84. The molecule has 37 heavy (non-hydrogen) atoms. The number of nitrogens with one attached hydrogen (secondary N) is 1. The summed E-state index contributed by atoms with van der Waals surface area (Å²) in [7, 11) is -3.71. The van der Waals surface area contributed by atoms with Crippen molar-refractivity contribution in [1.82, 2.24) is 8.87 Å². The predicted molar refractivity (Wildman–Crippen MR) is 141 cm³/mol. The molecule has 2 aliphatic heterocycles. The van der Waals surface area contributed by atoms with E-state index in [4.69, 9.17) is 4.74 Å². The highest BCUT2D eigenvalue weighted by Gasteiger charge is 2.39. The molecule has 194 valence electrons. The Morgan fingerprint density at radius 3 is 2.43 bits per heavy atom. The summed E-state index contributed by atoms with van der Waals surface area (Å²) in [5.41, 5.74) is 1.86. The van der Waals surface area contributed by atoms with Crippen molar-refractivity contribution in [3.63, 3.8) is 0 Å². The number of aromatic nitrogens is 1. The summed E-state index contributed by atoms with van der Waals surface area (Å²) in [4.78, 5) is 25.1. The summed E-state index contributed by atoms with van der Waals surface area (Å²) in [6.45, 7) is 6.00. The van der Waals surface area contributed by atoms with Gasteiger partial charge in [0.25, 0.3) is 11.5 Å². The van der Waals surface area contributed by atoms with E-state index < -0.39 is 10.0 Å². The number of benzene rings is 2. The van der Waals surface area contributed by atoms with Gasteiger partial charge in [0.1, 0.15) is 5.75 Å². The normalized spacial score (nSPS) is 19.3. The number of hydrogen-bond donors (Lipinski definition) is 1. The number of amides is 1. The number of piperidine rings is 1. The standard InChI is InChI=1S/C28H31N3O5S/c1-19(2)18-36-24-10-6-21(7-11-24)28(33)29-23-8-12-25(13-9-23)37(34,35)30-15-20-14-22(17-30)26-4-3-5-27(32)31(26)16-20/h3-13,19-20,22H,14-18H2,1-2H3,(H,29,33)/t20-,22-/m1/s1. The summed E-state index contributed by atoms with van der Waals surface area (Å²) in [6.07, 6.45) is 0.880. The predicted octanol–water partition coefficient (Wildman–Crippen LogP) is 3.94. The molecule has 0 radical (unpaired) electrons. The third kappa shape index (κ3) is 5.33. The molecule has 8 nitrogen and oxygen atoms in total. The first-order chi connectivity index (χ1) is 17.7. The number of carbonyl (C=O) groups is 1. The van der Waals surface area contributed by atoms with Gasteiger partial charge in [-0.3, -0.25) is 9.59 Å². The Kier molecular flexibility index (Phi) is 6.92. The lowest BCUT2D eigenvalue weighted by molar-refractivity contribution is 0.102. The maximum absolute atomic E-state index is 13.4. The molecule has 1 aromatic heterocycles. The van der Waals surface area contributed by atoms with E-state index in [0.29, 0.717) is 49.2 Å². The van der Waals surface area contributed by atoms with Crippen LogP contribution in [0.25, 0.3) is 0 Å². The minimum atomic E-state index is -3.71. The Balaban J connectivity index is 1.25. The van der Waals surface area contributed by atoms with Gasteiger partial charge < -0.3 is 14.6 Å². The van der Waals surface area contributed by atoms with E-state index in [1.54, 1.807) is 53.1 Å². The number of ether oxygens (including phenoxy) is 1. The zero-order valence-electron chi connectivity index (χ0n) is 21.0. The third-order valence-electron chi connectivity index (χ3n) is 6.90. The van der Waals surface area contributed by atoms with Crippen LogP contribution in [0.4, 0.5) is 5.69 Å². The zero-order valence-corrected chi connectivity index (χ0v) is 21.8. The van der Waals surface area contributed by atoms with Crippen LogP contribution in [0.5, 0.6) is 5.75 Å². The average Bonchev–Trinajstić information content (AvgIpc) is 2.88. The van der Waals surface area contributed by atoms with Crippen LogP contribution in [-0.2, 0) is 16.6 Å². The Labute approximate surface area is 216 Å². The van der Waals surface area contributed by atoms with Crippen LogP contribution in [0, 0.1) is 11.8 Å². The smallest absolute Gasteiger partial charge is 0.255 e. The Morgan fingerprint density at radius 2 is 1.73 bits per heavy atom. The van der Waals surface area contributed by atoms with E-state index in [1.165, 1.54) is 16.4 Å². The van der Waals surface area contributed by atoms with Gasteiger partial charge in [-0.05, 0) is 72.9 Å². The Morgan fingerprint density at radius 1 is 1.00 bits per heavy atom. The molecule has 0 spiro atoms. The van der Waals surface area contributed by atoms with E-state index >= 15 is 0 Å². The average molecular weight is 522 g/mol. The fraction of sp³-hybridized carbons (Fsp3) is 0.357. The van der Waals surface area contributed by atoms with Crippen molar-refractivity contribution in [1.29, 1.82) is 0 Å². The fourth-order valence-corrected chi connectivity index (χ4v) is 6.64. The highest BCUT2D eigenvalue weighted by Crippen LogP contribution is 2.37. The SMILES string of the molecule is CC(C)COc1ccc(C(=O)Nc2ccc(S(=O)(=O)N3C[C@H]4C[C@H](C3)c3cccc(=O)n3C4)cc2)cc1. The first-order valence-electron chi connectivity index (χ1n) is 12.5. The molecule has 0 unspecified atom stereocenters. The molecule has 1 N–H and O–H groups in total. The summed E-state index contributed by atoms with van der Waals surface area (Å²) in [5.74, 6) is 0.923. The minimum Gasteiger partial charge on any atom is -0.493 e. The molecule has 2 bridgehead atoms.